The van der Waals surface area contributed by atoms with E-state index in [9.17, 15) is 4.79 Å². The van der Waals surface area contributed by atoms with Crippen LogP contribution in [0.15, 0.2) is 22.3 Å². The molecule has 0 spiro atoms. The SMILES string of the molecule is CC[C@@H](C)n1ccnc(NCC(=N)/C(C)=N\OC)c1=O. The number of hydrogen-bond donors (Lipinski definition) is 2. The zero-order chi connectivity index (χ0) is 15.1. The third-order valence-electron chi connectivity index (χ3n) is 3.03. The van der Waals surface area contributed by atoms with Crippen LogP contribution in [0.4, 0.5) is 5.82 Å². The number of nitrogens with one attached hydrogen (secondary N) is 2. The molecule has 7 heteroatoms. The predicted octanol–water partition coefficient (Wildman–Crippen LogP) is 1.67. The van der Waals surface area contributed by atoms with Gasteiger partial charge in [0.25, 0.3) is 5.56 Å². The molecule has 0 aliphatic rings. The van der Waals surface area contributed by atoms with E-state index in [0.29, 0.717) is 5.71 Å². The summed E-state index contributed by atoms with van der Waals surface area (Å²) in [6.45, 7) is 5.84. The fourth-order valence-electron chi connectivity index (χ4n) is 1.58. The first-order valence-corrected chi connectivity index (χ1v) is 6.47. The smallest absolute Gasteiger partial charge is 0.293 e. The molecule has 1 heterocycles. The average Bonchev–Trinajstić information content (AvgIpc) is 2.45. The van der Waals surface area contributed by atoms with Gasteiger partial charge in [-0.3, -0.25) is 4.79 Å². The summed E-state index contributed by atoms with van der Waals surface area (Å²) in [6.07, 6.45) is 4.11. The third-order valence-corrected chi connectivity index (χ3v) is 3.03. The van der Waals surface area contributed by atoms with Crippen LogP contribution >= 0.6 is 0 Å². The van der Waals surface area contributed by atoms with Gasteiger partial charge in [-0.15, -0.1) is 0 Å². The molecule has 0 fully saturated rings. The lowest BCUT2D eigenvalue weighted by atomic mass is 10.2. The second-order valence-corrected chi connectivity index (χ2v) is 4.44. The Morgan fingerprint density at radius 3 is 2.95 bits per heavy atom. The van der Waals surface area contributed by atoms with Crippen LogP contribution in [0.1, 0.15) is 33.2 Å². The Morgan fingerprint density at radius 1 is 1.65 bits per heavy atom. The van der Waals surface area contributed by atoms with Crippen LogP contribution in [-0.4, -0.2) is 34.6 Å². The highest BCUT2D eigenvalue weighted by molar-refractivity contribution is 6.41. The summed E-state index contributed by atoms with van der Waals surface area (Å²) in [5.41, 5.74) is 0.515. The lowest BCUT2D eigenvalue weighted by Gasteiger charge is -2.14. The fourth-order valence-corrected chi connectivity index (χ4v) is 1.58. The van der Waals surface area contributed by atoms with Crippen molar-refractivity contribution in [2.24, 2.45) is 5.16 Å². The summed E-state index contributed by atoms with van der Waals surface area (Å²) in [5, 5.41) is 14.3. The van der Waals surface area contributed by atoms with Gasteiger partial charge in [0.2, 0.25) is 0 Å². The standard InChI is InChI=1S/C13H21N5O2/c1-5-9(2)18-7-6-15-12(13(18)19)16-8-11(14)10(3)17-20-4/h6-7,9,14H,5,8H2,1-4H3,(H,15,16)/b14-11?,17-10-/t9-/m1/s1. The van der Waals surface area contributed by atoms with Crippen molar-refractivity contribution in [3.05, 3.63) is 22.7 Å². The molecule has 0 bridgehead atoms. The summed E-state index contributed by atoms with van der Waals surface area (Å²) in [5.74, 6) is 0.239. The number of rotatable bonds is 7. The molecule has 0 aromatic carbocycles. The molecule has 1 aromatic rings. The van der Waals surface area contributed by atoms with Crippen LogP contribution in [0.25, 0.3) is 0 Å². The van der Waals surface area contributed by atoms with Gasteiger partial charge < -0.3 is 20.1 Å². The van der Waals surface area contributed by atoms with Crippen LogP contribution in [0.2, 0.25) is 0 Å². The van der Waals surface area contributed by atoms with Gasteiger partial charge in [0.15, 0.2) is 5.82 Å². The molecular formula is C13H21N5O2. The van der Waals surface area contributed by atoms with E-state index in [1.807, 2.05) is 13.8 Å². The minimum absolute atomic E-state index is 0.113. The Kier molecular flexibility index (Phi) is 5.89. The molecule has 1 aromatic heterocycles. The van der Waals surface area contributed by atoms with E-state index >= 15 is 0 Å². The van der Waals surface area contributed by atoms with E-state index in [2.05, 4.69) is 20.3 Å². The molecule has 20 heavy (non-hydrogen) atoms. The zero-order valence-electron chi connectivity index (χ0n) is 12.3. The zero-order valence-corrected chi connectivity index (χ0v) is 12.3. The maximum atomic E-state index is 12.2. The molecule has 7 nitrogen and oxygen atoms in total. The largest absolute Gasteiger partial charge is 0.399 e. The summed E-state index contributed by atoms with van der Waals surface area (Å²) in [6, 6.07) is 0.113. The van der Waals surface area contributed by atoms with Crippen LogP contribution < -0.4 is 10.9 Å². The normalized spacial score (nSPS) is 12.9. The minimum Gasteiger partial charge on any atom is -0.399 e. The molecular weight excluding hydrogens is 258 g/mol. The average molecular weight is 279 g/mol. The second-order valence-electron chi connectivity index (χ2n) is 4.44. The van der Waals surface area contributed by atoms with Crippen molar-refractivity contribution in [3.8, 4) is 0 Å². The van der Waals surface area contributed by atoms with E-state index in [1.54, 1.807) is 23.9 Å². The monoisotopic (exact) mass is 279 g/mol. The lowest BCUT2D eigenvalue weighted by molar-refractivity contribution is 0.214. The Hall–Kier alpha value is -2.18. The fraction of sp³-hybridized carbons (Fsp3) is 0.538. The molecule has 2 N–H and O–H groups in total. The maximum absolute atomic E-state index is 12.2. The van der Waals surface area contributed by atoms with Crippen LogP contribution in [0, 0.1) is 5.41 Å². The van der Waals surface area contributed by atoms with Gasteiger partial charge in [0.1, 0.15) is 7.11 Å². The summed E-state index contributed by atoms with van der Waals surface area (Å²) in [7, 11) is 1.42. The van der Waals surface area contributed by atoms with E-state index < -0.39 is 0 Å². The van der Waals surface area contributed by atoms with Gasteiger partial charge in [-0.2, -0.15) is 0 Å². The summed E-state index contributed by atoms with van der Waals surface area (Å²) >= 11 is 0. The molecule has 0 saturated carbocycles. The molecule has 0 amide bonds. The van der Waals surface area contributed by atoms with Gasteiger partial charge in [0, 0.05) is 18.4 Å². The summed E-state index contributed by atoms with van der Waals surface area (Å²) in [4.78, 5) is 20.8. The molecule has 0 aliphatic carbocycles. The van der Waals surface area contributed by atoms with Gasteiger partial charge in [0.05, 0.1) is 18.0 Å². The Balaban J connectivity index is 2.82. The highest BCUT2D eigenvalue weighted by Crippen LogP contribution is 2.06. The lowest BCUT2D eigenvalue weighted by Crippen LogP contribution is -2.29. The Labute approximate surface area is 118 Å². The predicted molar refractivity (Wildman–Crippen MR) is 79.8 cm³/mol. The van der Waals surface area contributed by atoms with Crippen molar-refractivity contribution in [1.29, 1.82) is 5.41 Å². The first kappa shape index (κ1) is 15.9. The van der Waals surface area contributed by atoms with Crippen molar-refractivity contribution in [3.63, 3.8) is 0 Å². The number of hydrogen-bond acceptors (Lipinski definition) is 6. The minimum atomic E-state index is -0.184. The second kappa shape index (κ2) is 7.42. The molecule has 110 valence electrons. The molecule has 0 aliphatic heterocycles. The van der Waals surface area contributed by atoms with Crippen LogP contribution in [0.5, 0.6) is 0 Å². The number of anilines is 1. The van der Waals surface area contributed by atoms with Crippen LogP contribution in [0.3, 0.4) is 0 Å². The van der Waals surface area contributed by atoms with E-state index in [0.717, 1.165) is 6.42 Å². The highest BCUT2D eigenvalue weighted by atomic mass is 16.6. The highest BCUT2D eigenvalue weighted by Gasteiger charge is 2.10. The third kappa shape index (κ3) is 3.91. The van der Waals surface area contributed by atoms with E-state index in [1.165, 1.54) is 7.11 Å². The first-order chi connectivity index (χ1) is 9.51. The van der Waals surface area contributed by atoms with Crippen molar-refractivity contribution < 1.29 is 4.84 Å². The van der Waals surface area contributed by atoms with Crippen LogP contribution in [-0.2, 0) is 4.84 Å². The van der Waals surface area contributed by atoms with Gasteiger partial charge in [-0.25, -0.2) is 4.98 Å². The number of oxime groups is 1. The quantitative estimate of drug-likeness (QED) is 0.586. The van der Waals surface area contributed by atoms with E-state index in [-0.39, 0.29) is 29.7 Å². The number of nitrogens with zero attached hydrogens (tertiary/aromatic N) is 3. The van der Waals surface area contributed by atoms with Crippen molar-refractivity contribution >= 4 is 17.2 Å². The first-order valence-electron chi connectivity index (χ1n) is 6.47. The molecule has 0 saturated heterocycles. The molecule has 0 unspecified atom stereocenters. The van der Waals surface area contributed by atoms with Gasteiger partial charge >= 0.3 is 0 Å². The topological polar surface area (TPSA) is 92.4 Å². The molecule has 1 rings (SSSR count). The maximum Gasteiger partial charge on any atom is 0.293 e. The van der Waals surface area contributed by atoms with Gasteiger partial charge in [-0.1, -0.05) is 12.1 Å². The molecule has 1 atom stereocenters. The Bertz CT molecular complexity index is 550. The van der Waals surface area contributed by atoms with Crippen molar-refractivity contribution in [2.75, 3.05) is 19.0 Å². The van der Waals surface area contributed by atoms with Crippen molar-refractivity contribution in [1.82, 2.24) is 9.55 Å². The van der Waals surface area contributed by atoms with Crippen molar-refractivity contribution in [2.45, 2.75) is 33.2 Å². The number of aromatic nitrogens is 2. The van der Waals surface area contributed by atoms with Gasteiger partial charge in [-0.05, 0) is 20.3 Å². The van der Waals surface area contributed by atoms with E-state index in [4.69, 9.17) is 5.41 Å². The summed E-state index contributed by atoms with van der Waals surface area (Å²) < 4.78 is 1.63. The Morgan fingerprint density at radius 2 is 2.35 bits per heavy atom. The molecule has 0 radical (unpaired) electrons.